The predicted octanol–water partition coefficient (Wildman–Crippen LogP) is 1.77. The number of benzene rings is 1. The van der Waals surface area contributed by atoms with Gasteiger partial charge >= 0.3 is 0 Å². The average molecular weight is 348 g/mol. The van der Waals surface area contributed by atoms with Gasteiger partial charge in [-0.15, -0.1) is 0 Å². The number of nitrogens with zero attached hydrogens (tertiary/aromatic N) is 3. The molecule has 0 saturated carbocycles. The second-order valence-corrected chi connectivity index (χ2v) is 6.01. The van der Waals surface area contributed by atoms with Crippen LogP contribution in [0, 0.1) is 12.7 Å². The zero-order valence-corrected chi connectivity index (χ0v) is 14.2. The Morgan fingerprint density at radius 2 is 2.12 bits per heavy atom. The van der Waals surface area contributed by atoms with Crippen molar-refractivity contribution in [3.63, 3.8) is 0 Å². The number of ether oxygens (including phenoxy) is 1. The van der Waals surface area contributed by atoms with Gasteiger partial charge in [0, 0.05) is 20.0 Å². The molecule has 1 amide bonds. The first-order chi connectivity index (χ1) is 12.0. The van der Waals surface area contributed by atoms with Crippen LogP contribution in [-0.2, 0) is 9.53 Å². The smallest absolute Gasteiger partial charge is 0.242 e. The number of carbonyl (C=O) groups excluding carboxylic acids is 1. The summed E-state index contributed by atoms with van der Waals surface area (Å²) < 4.78 is 24.0. The van der Waals surface area contributed by atoms with E-state index >= 15 is 0 Å². The van der Waals surface area contributed by atoms with Gasteiger partial charge in [0.25, 0.3) is 0 Å². The van der Waals surface area contributed by atoms with Gasteiger partial charge in [-0.1, -0.05) is 17.3 Å². The Labute approximate surface area is 145 Å². The fourth-order valence-electron chi connectivity index (χ4n) is 2.89. The van der Waals surface area contributed by atoms with Crippen molar-refractivity contribution in [3.05, 3.63) is 47.4 Å². The van der Waals surface area contributed by atoms with Gasteiger partial charge in [0.15, 0.2) is 5.82 Å². The highest BCUT2D eigenvalue weighted by atomic mass is 19.1. The highest BCUT2D eigenvalue weighted by Crippen LogP contribution is 2.24. The van der Waals surface area contributed by atoms with Crippen molar-refractivity contribution in [3.8, 4) is 0 Å². The first-order valence-corrected chi connectivity index (χ1v) is 8.22. The van der Waals surface area contributed by atoms with Crippen molar-refractivity contribution < 1.29 is 18.4 Å². The minimum atomic E-state index is -0.602. The minimum Gasteiger partial charge on any atom is -0.379 e. The fourth-order valence-corrected chi connectivity index (χ4v) is 2.89. The maximum absolute atomic E-state index is 13.7. The third-order valence-electron chi connectivity index (χ3n) is 4.11. The van der Waals surface area contributed by atoms with Crippen molar-refractivity contribution in [2.24, 2.45) is 0 Å². The number of halogens is 1. The molecule has 1 aliphatic rings. The second kappa shape index (κ2) is 7.71. The first kappa shape index (κ1) is 17.5. The maximum Gasteiger partial charge on any atom is 0.242 e. The van der Waals surface area contributed by atoms with Crippen LogP contribution in [0.15, 0.2) is 28.8 Å². The summed E-state index contributed by atoms with van der Waals surface area (Å²) in [4.78, 5) is 19.1. The Bertz CT molecular complexity index is 730. The summed E-state index contributed by atoms with van der Waals surface area (Å²) in [5.74, 6) is 0.240. The largest absolute Gasteiger partial charge is 0.379 e. The van der Waals surface area contributed by atoms with Crippen LogP contribution in [0.1, 0.15) is 36.3 Å². The Hall–Kier alpha value is -2.32. The van der Waals surface area contributed by atoms with E-state index in [1.807, 2.05) is 4.90 Å². The predicted molar refractivity (Wildman–Crippen MR) is 87.1 cm³/mol. The SMILES string of the molecule is Cc1nc([C@H](C)NC(=O)[C@@H](c2cccc(F)c2)N2CCOCC2)no1. The minimum absolute atomic E-state index is 0.234. The Morgan fingerprint density at radius 3 is 2.76 bits per heavy atom. The molecule has 0 bridgehead atoms. The molecule has 8 heteroatoms. The lowest BCUT2D eigenvalue weighted by molar-refractivity contribution is -0.129. The topological polar surface area (TPSA) is 80.5 Å². The molecule has 0 aliphatic carbocycles. The standard InChI is InChI=1S/C17H21FN4O3/c1-11(16-20-12(2)25-21-16)19-17(23)15(22-6-8-24-9-7-22)13-4-3-5-14(18)10-13/h3-5,10-11,15H,6-9H2,1-2H3,(H,19,23)/t11-,15+/m0/s1. The molecule has 1 saturated heterocycles. The van der Waals surface area contributed by atoms with Crippen LogP contribution in [0.4, 0.5) is 4.39 Å². The summed E-state index contributed by atoms with van der Waals surface area (Å²) in [6.07, 6.45) is 0. The van der Waals surface area contributed by atoms with Crippen LogP contribution in [0.3, 0.4) is 0 Å². The molecule has 0 radical (unpaired) electrons. The van der Waals surface area contributed by atoms with Gasteiger partial charge in [-0.05, 0) is 24.6 Å². The highest BCUT2D eigenvalue weighted by Gasteiger charge is 2.30. The zero-order chi connectivity index (χ0) is 17.8. The van der Waals surface area contributed by atoms with Gasteiger partial charge in [0.1, 0.15) is 11.9 Å². The molecule has 1 fully saturated rings. The summed E-state index contributed by atoms with van der Waals surface area (Å²) in [6, 6.07) is 5.10. The number of hydrogen-bond donors (Lipinski definition) is 1. The summed E-state index contributed by atoms with van der Waals surface area (Å²) in [5, 5.41) is 6.73. The van der Waals surface area contributed by atoms with Crippen LogP contribution in [-0.4, -0.2) is 47.3 Å². The van der Waals surface area contributed by atoms with Crippen molar-refractivity contribution in [1.82, 2.24) is 20.4 Å². The summed E-state index contributed by atoms with van der Waals surface area (Å²) >= 11 is 0. The van der Waals surface area contributed by atoms with Crippen molar-refractivity contribution >= 4 is 5.91 Å². The van der Waals surface area contributed by atoms with Gasteiger partial charge in [0.05, 0.1) is 19.3 Å². The molecule has 1 aliphatic heterocycles. The molecular formula is C17H21FN4O3. The van der Waals surface area contributed by atoms with E-state index in [0.717, 1.165) is 0 Å². The van der Waals surface area contributed by atoms with Crippen LogP contribution >= 0.6 is 0 Å². The van der Waals surface area contributed by atoms with Crippen LogP contribution in [0.25, 0.3) is 0 Å². The van der Waals surface area contributed by atoms with E-state index < -0.39 is 12.1 Å². The molecule has 134 valence electrons. The molecule has 2 heterocycles. The quantitative estimate of drug-likeness (QED) is 0.887. The molecule has 7 nitrogen and oxygen atoms in total. The lowest BCUT2D eigenvalue weighted by Gasteiger charge is -2.34. The third-order valence-corrected chi connectivity index (χ3v) is 4.11. The summed E-state index contributed by atoms with van der Waals surface area (Å²) in [7, 11) is 0. The first-order valence-electron chi connectivity index (χ1n) is 8.22. The van der Waals surface area contributed by atoms with Gasteiger partial charge in [-0.3, -0.25) is 9.69 Å². The molecule has 1 aromatic carbocycles. The van der Waals surface area contributed by atoms with E-state index in [2.05, 4.69) is 15.5 Å². The van der Waals surface area contributed by atoms with E-state index in [1.54, 1.807) is 26.0 Å². The monoisotopic (exact) mass is 348 g/mol. The maximum atomic E-state index is 13.7. The van der Waals surface area contributed by atoms with Gasteiger partial charge in [-0.25, -0.2) is 4.39 Å². The molecule has 0 unspecified atom stereocenters. The molecule has 1 N–H and O–H groups in total. The van der Waals surface area contributed by atoms with Crippen molar-refractivity contribution in [1.29, 1.82) is 0 Å². The van der Waals surface area contributed by atoms with Crippen molar-refractivity contribution in [2.75, 3.05) is 26.3 Å². The molecule has 2 aromatic rings. The molecule has 0 spiro atoms. The number of amides is 1. The lowest BCUT2D eigenvalue weighted by Crippen LogP contribution is -2.46. The Balaban J connectivity index is 1.81. The number of aromatic nitrogens is 2. The molecule has 2 atom stereocenters. The summed E-state index contributed by atoms with van der Waals surface area (Å²) in [5.41, 5.74) is 0.607. The van der Waals surface area contributed by atoms with E-state index in [1.165, 1.54) is 12.1 Å². The number of aryl methyl sites for hydroxylation is 1. The van der Waals surface area contributed by atoms with Gasteiger partial charge in [0.2, 0.25) is 11.8 Å². The van der Waals surface area contributed by atoms with E-state index in [4.69, 9.17) is 9.26 Å². The number of morpholine rings is 1. The Kier molecular flexibility index (Phi) is 5.40. The second-order valence-electron chi connectivity index (χ2n) is 6.01. The molecular weight excluding hydrogens is 327 g/mol. The van der Waals surface area contributed by atoms with Gasteiger partial charge < -0.3 is 14.6 Å². The van der Waals surface area contributed by atoms with Crippen LogP contribution in [0.5, 0.6) is 0 Å². The van der Waals surface area contributed by atoms with Crippen molar-refractivity contribution in [2.45, 2.75) is 25.9 Å². The fraction of sp³-hybridized carbons (Fsp3) is 0.471. The highest BCUT2D eigenvalue weighted by molar-refractivity contribution is 5.83. The number of nitrogens with one attached hydrogen (secondary N) is 1. The average Bonchev–Trinajstić information content (AvgIpc) is 3.03. The number of hydrogen-bond acceptors (Lipinski definition) is 6. The third kappa shape index (κ3) is 4.21. The normalized spacial score (nSPS) is 17.9. The van der Waals surface area contributed by atoms with E-state index in [-0.39, 0.29) is 11.7 Å². The number of carbonyl (C=O) groups is 1. The Morgan fingerprint density at radius 1 is 1.36 bits per heavy atom. The molecule has 3 rings (SSSR count). The van der Waals surface area contributed by atoms with E-state index in [0.29, 0.717) is 43.6 Å². The van der Waals surface area contributed by atoms with Crippen LogP contribution in [0.2, 0.25) is 0 Å². The molecule has 25 heavy (non-hydrogen) atoms. The summed E-state index contributed by atoms with van der Waals surface area (Å²) in [6.45, 7) is 5.75. The molecule has 1 aromatic heterocycles. The van der Waals surface area contributed by atoms with E-state index in [9.17, 15) is 9.18 Å². The zero-order valence-electron chi connectivity index (χ0n) is 14.2. The lowest BCUT2D eigenvalue weighted by atomic mass is 10.0. The van der Waals surface area contributed by atoms with Crippen LogP contribution < -0.4 is 5.32 Å². The van der Waals surface area contributed by atoms with Gasteiger partial charge in [-0.2, -0.15) is 4.98 Å². The number of rotatable bonds is 5.